The Balaban J connectivity index is 2.36. The van der Waals surface area contributed by atoms with Crippen LogP contribution in [0.25, 0.3) is 0 Å². The van der Waals surface area contributed by atoms with Crippen molar-refractivity contribution >= 4 is 11.8 Å². The maximum Gasteiger partial charge on any atom is 0.354 e. The van der Waals surface area contributed by atoms with Gasteiger partial charge in [-0.2, -0.15) is 0 Å². The molecule has 0 fully saturated rings. The highest BCUT2D eigenvalue weighted by Gasteiger charge is 2.04. The van der Waals surface area contributed by atoms with E-state index in [9.17, 15) is 4.79 Å². The fraction of sp³-hybridized carbons (Fsp3) is 0.455. The molecule has 0 atom stereocenters. The summed E-state index contributed by atoms with van der Waals surface area (Å²) in [4.78, 5) is 14.6. The number of nitrogens with one attached hydrogen (secondary N) is 1. The Labute approximate surface area is 94.1 Å². The summed E-state index contributed by atoms with van der Waals surface area (Å²) in [5, 5.41) is 20.4. The number of carboxylic acid groups (broad SMARTS) is 1. The second-order valence-electron chi connectivity index (χ2n) is 3.42. The van der Waals surface area contributed by atoms with E-state index in [0.29, 0.717) is 5.82 Å². The number of hydrogen-bond donors (Lipinski definition) is 3. The molecule has 0 saturated carbocycles. The summed E-state index contributed by atoms with van der Waals surface area (Å²) in [6.45, 7) is 0.947. The molecule has 1 aromatic rings. The van der Waals surface area contributed by atoms with Crippen LogP contribution in [0.5, 0.6) is 0 Å². The van der Waals surface area contributed by atoms with Crippen LogP contribution in [0.2, 0.25) is 0 Å². The third kappa shape index (κ3) is 4.27. The molecule has 0 saturated heterocycles. The number of aliphatic hydroxyl groups is 1. The lowest BCUT2D eigenvalue weighted by molar-refractivity contribution is 0.0690. The van der Waals surface area contributed by atoms with Gasteiger partial charge in [-0.3, -0.25) is 0 Å². The molecule has 0 aliphatic rings. The number of rotatable bonds is 7. The van der Waals surface area contributed by atoms with Crippen LogP contribution in [0.1, 0.15) is 29.8 Å². The fourth-order valence-corrected chi connectivity index (χ4v) is 1.28. The van der Waals surface area contributed by atoms with Crippen LogP contribution in [0.3, 0.4) is 0 Å². The van der Waals surface area contributed by atoms with Gasteiger partial charge in [0.2, 0.25) is 0 Å². The maximum atomic E-state index is 10.7. The molecule has 5 nitrogen and oxygen atoms in total. The van der Waals surface area contributed by atoms with E-state index in [1.807, 2.05) is 0 Å². The number of carbonyl (C=O) groups is 1. The Kier molecular flexibility index (Phi) is 5.28. The standard InChI is InChI=1S/C11H16N2O3/c14-8-3-1-2-7-12-10-6-4-5-9(13-10)11(15)16/h4-6,14H,1-3,7-8H2,(H,12,13)(H,15,16). The van der Waals surface area contributed by atoms with Gasteiger partial charge in [-0.05, 0) is 31.4 Å². The molecule has 1 aromatic heterocycles. The van der Waals surface area contributed by atoms with Crippen LogP contribution in [0.15, 0.2) is 18.2 Å². The minimum Gasteiger partial charge on any atom is -0.477 e. The van der Waals surface area contributed by atoms with Gasteiger partial charge in [-0.25, -0.2) is 9.78 Å². The van der Waals surface area contributed by atoms with E-state index in [4.69, 9.17) is 10.2 Å². The average Bonchev–Trinajstić information content (AvgIpc) is 2.29. The molecule has 1 rings (SSSR count). The molecule has 0 amide bonds. The van der Waals surface area contributed by atoms with Crippen LogP contribution in [-0.4, -0.2) is 34.3 Å². The Morgan fingerprint density at radius 1 is 1.31 bits per heavy atom. The number of nitrogens with zero attached hydrogens (tertiary/aromatic N) is 1. The number of aliphatic hydroxyl groups excluding tert-OH is 1. The summed E-state index contributed by atoms with van der Waals surface area (Å²) < 4.78 is 0. The highest BCUT2D eigenvalue weighted by atomic mass is 16.4. The third-order valence-electron chi connectivity index (χ3n) is 2.11. The summed E-state index contributed by atoms with van der Waals surface area (Å²) in [7, 11) is 0. The van der Waals surface area contributed by atoms with Crippen molar-refractivity contribution in [3.8, 4) is 0 Å². The second-order valence-corrected chi connectivity index (χ2v) is 3.42. The summed E-state index contributed by atoms with van der Waals surface area (Å²) >= 11 is 0. The van der Waals surface area contributed by atoms with Gasteiger partial charge in [0.05, 0.1) is 0 Å². The highest BCUT2D eigenvalue weighted by Crippen LogP contribution is 2.05. The Hall–Kier alpha value is -1.62. The van der Waals surface area contributed by atoms with Crippen molar-refractivity contribution < 1.29 is 15.0 Å². The first kappa shape index (κ1) is 12.4. The van der Waals surface area contributed by atoms with Gasteiger partial charge in [0, 0.05) is 13.2 Å². The van der Waals surface area contributed by atoms with Crippen LogP contribution in [0.4, 0.5) is 5.82 Å². The molecular weight excluding hydrogens is 208 g/mol. The first-order chi connectivity index (χ1) is 7.74. The van der Waals surface area contributed by atoms with Gasteiger partial charge in [-0.1, -0.05) is 6.07 Å². The highest BCUT2D eigenvalue weighted by molar-refractivity contribution is 5.85. The van der Waals surface area contributed by atoms with E-state index < -0.39 is 5.97 Å². The lowest BCUT2D eigenvalue weighted by Crippen LogP contribution is -2.07. The summed E-state index contributed by atoms with van der Waals surface area (Å²) in [5.41, 5.74) is 0.0420. The van der Waals surface area contributed by atoms with E-state index in [1.54, 1.807) is 12.1 Å². The molecule has 16 heavy (non-hydrogen) atoms. The molecule has 0 radical (unpaired) electrons. The predicted octanol–water partition coefficient (Wildman–Crippen LogP) is 1.35. The summed E-state index contributed by atoms with van der Waals surface area (Å²) in [6.07, 6.45) is 2.67. The van der Waals surface area contributed by atoms with Gasteiger partial charge < -0.3 is 15.5 Å². The van der Waals surface area contributed by atoms with Crippen molar-refractivity contribution in [1.29, 1.82) is 0 Å². The maximum absolute atomic E-state index is 10.7. The van der Waals surface area contributed by atoms with Gasteiger partial charge in [0.1, 0.15) is 5.82 Å². The molecule has 0 spiro atoms. The zero-order chi connectivity index (χ0) is 11.8. The molecule has 5 heteroatoms. The molecule has 0 aliphatic heterocycles. The first-order valence-electron chi connectivity index (χ1n) is 5.29. The molecule has 0 aromatic carbocycles. The quantitative estimate of drug-likeness (QED) is 0.609. The zero-order valence-electron chi connectivity index (χ0n) is 9.02. The van der Waals surface area contributed by atoms with Crippen LogP contribution in [-0.2, 0) is 0 Å². The number of unbranched alkanes of at least 4 members (excludes halogenated alkanes) is 2. The Morgan fingerprint density at radius 2 is 2.12 bits per heavy atom. The minimum absolute atomic E-state index is 0.0420. The second kappa shape index (κ2) is 6.79. The lowest BCUT2D eigenvalue weighted by Gasteiger charge is -2.05. The topological polar surface area (TPSA) is 82.5 Å². The van der Waals surface area contributed by atoms with Crippen molar-refractivity contribution in [2.45, 2.75) is 19.3 Å². The summed E-state index contributed by atoms with van der Waals surface area (Å²) in [5.74, 6) is -0.451. The monoisotopic (exact) mass is 224 g/mol. The third-order valence-corrected chi connectivity index (χ3v) is 2.11. The Morgan fingerprint density at radius 3 is 2.81 bits per heavy atom. The van der Waals surface area contributed by atoms with E-state index in [1.165, 1.54) is 6.07 Å². The van der Waals surface area contributed by atoms with Crippen molar-refractivity contribution in [2.75, 3.05) is 18.5 Å². The van der Waals surface area contributed by atoms with E-state index in [2.05, 4.69) is 10.3 Å². The SMILES string of the molecule is O=C(O)c1cccc(NCCCCCO)n1. The van der Waals surface area contributed by atoms with Gasteiger partial charge in [0.15, 0.2) is 5.69 Å². The molecule has 0 aliphatic carbocycles. The minimum atomic E-state index is -1.02. The van der Waals surface area contributed by atoms with Gasteiger partial charge >= 0.3 is 5.97 Å². The predicted molar refractivity (Wildman–Crippen MR) is 60.6 cm³/mol. The van der Waals surface area contributed by atoms with Crippen molar-refractivity contribution in [3.05, 3.63) is 23.9 Å². The van der Waals surface area contributed by atoms with Crippen molar-refractivity contribution in [3.63, 3.8) is 0 Å². The summed E-state index contributed by atoms with van der Waals surface area (Å²) in [6, 6.07) is 4.85. The van der Waals surface area contributed by atoms with Crippen LogP contribution < -0.4 is 5.32 Å². The zero-order valence-corrected chi connectivity index (χ0v) is 9.02. The number of aromatic carboxylic acids is 1. The largest absolute Gasteiger partial charge is 0.477 e. The van der Waals surface area contributed by atoms with Crippen LogP contribution >= 0.6 is 0 Å². The van der Waals surface area contributed by atoms with Crippen LogP contribution in [0, 0.1) is 0 Å². The van der Waals surface area contributed by atoms with Gasteiger partial charge in [-0.15, -0.1) is 0 Å². The average molecular weight is 224 g/mol. The molecule has 0 bridgehead atoms. The number of hydrogen-bond acceptors (Lipinski definition) is 4. The van der Waals surface area contributed by atoms with E-state index in [-0.39, 0.29) is 12.3 Å². The number of anilines is 1. The van der Waals surface area contributed by atoms with Crippen molar-refractivity contribution in [2.24, 2.45) is 0 Å². The molecule has 0 unspecified atom stereocenters. The molecule has 88 valence electrons. The van der Waals surface area contributed by atoms with E-state index in [0.717, 1.165) is 25.8 Å². The van der Waals surface area contributed by atoms with E-state index >= 15 is 0 Å². The Bertz CT molecular complexity index is 342. The first-order valence-corrected chi connectivity index (χ1v) is 5.29. The molecule has 1 heterocycles. The fourth-order valence-electron chi connectivity index (χ4n) is 1.28. The smallest absolute Gasteiger partial charge is 0.354 e. The van der Waals surface area contributed by atoms with Gasteiger partial charge in [0.25, 0.3) is 0 Å². The lowest BCUT2D eigenvalue weighted by atomic mass is 10.2. The normalized spacial score (nSPS) is 10.1. The molecular formula is C11H16N2O3. The molecule has 3 N–H and O–H groups in total. The number of carboxylic acids is 1. The number of pyridine rings is 1. The number of aromatic nitrogens is 1. The van der Waals surface area contributed by atoms with Crippen molar-refractivity contribution in [1.82, 2.24) is 4.98 Å².